The van der Waals surface area contributed by atoms with E-state index in [9.17, 15) is 0 Å². The summed E-state index contributed by atoms with van der Waals surface area (Å²) in [6.07, 6.45) is 12.2. The van der Waals surface area contributed by atoms with Gasteiger partial charge in [0.1, 0.15) is 0 Å². The van der Waals surface area contributed by atoms with Crippen molar-refractivity contribution < 1.29 is 4.74 Å². The maximum Gasteiger partial charge on any atom is 0.0685 e. The van der Waals surface area contributed by atoms with E-state index in [-0.39, 0.29) is 5.60 Å². The molecule has 0 amide bonds. The van der Waals surface area contributed by atoms with E-state index in [1.165, 1.54) is 44.9 Å². The van der Waals surface area contributed by atoms with Crippen LogP contribution in [0.1, 0.15) is 58.3 Å². The van der Waals surface area contributed by atoms with Gasteiger partial charge in [-0.1, -0.05) is 25.8 Å². The maximum absolute atomic E-state index is 6.14. The standard InChI is InChI=1S/C16H29NO/c1-3-7-15(17-11-4-2)14-8-12-18-16(13-14)9-5-6-10-16/h3,14-15,17H,1,4-13H2,2H3. The van der Waals surface area contributed by atoms with E-state index in [1.54, 1.807) is 0 Å². The molecule has 18 heavy (non-hydrogen) atoms. The zero-order chi connectivity index (χ0) is 12.8. The Morgan fingerprint density at radius 3 is 2.89 bits per heavy atom. The summed E-state index contributed by atoms with van der Waals surface area (Å²) in [5.74, 6) is 0.779. The molecule has 1 saturated carbocycles. The third kappa shape index (κ3) is 3.36. The van der Waals surface area contributed by atoms with E-state index in [1.807, 2.05) is 0 Å². The van der Waals surface area contributed by atoms with Gasteiger partial charge in [0.2, 0.25) is 0 Å². The van der Waals surface area contributed by atoms with Gasteiger partial charge in [-0.3, -0.25) is 0 Å². The van der Waals surface area contributed by atoms with E-state index in [2.05, 4.69) is 24.9 Å². The molecule has 2 rings (SSSR count). The molecule has 1 spiro atoms. The van der Waals surface area contributed by atoms with Crippen molar-refractivity contribution in [3.05, 3.63) is 12.7 Å². The van der Waals surface area contributed by atoms with Crippen molar-refractivity contribution in [1.82, 2.24) is 5.32 Å². The Morgan fingerprint density at radius 1 is 1.44 bits per heavy atom. The van der Waals surface area contributed by atoms with Gasteiger partial charge in [0, 0.05) is 12.6 Å². The SMILES string of the molecule is C=CCC(NCCC)C1CCOC2(CCCC2)C1. The lowest BCUT2D eigenvalue weighted by Gasteiger charge is -2.41. The monoisotopic (exact) mass is 251 g/mol. The number of nitrogens with one attached hydrogen (secondary N) is 1. The van der Waals surface area contributed by atoms with Gasteiger partial charge in [0.15, 0.2) is 0 Å². The number of hydrogen-bond donors (Lipinski definition) is 1. The van der Waals surface area contributed by atoms with Crippen LogP contribution in [0.4, 0.5) is 0 Å². The fraction of sp³-hybridized carbons (Fsp3) is 0.875. The largest absolute Gasteiger partial charge is 0.375 e. The Labute approximate surface area is 112 Å². The smallest absolute Gasteiger partial charge is 0.0685 e. The highest BCUT2D eigenvalue weighted by Crippen LogP contribution is 2.43. The molecule has 0 aromatic rings. The molecule has 2 heteroatoms. The topological polar surface area (TPSA) is 21.3 Å². The van der Waals surface area contributed by atoms with Crippen LogP contribution in [0.25, 0.3) is 0 Å². The van der Waals surface area contributed by atoms with Gasteiger partial charge in [0.25, 0.3) is 0 Å². The Morgan fingerprint density at radius 2 is 2.22 bits per heavy atom. The molecule has 2 fully saturated rings. The van der Waals surface area contributed by atoms with E-state index in [0.717, 1.165) is 25.5 Å². The normalized spacial score (nSPS) is 28.4. The Hall–Kier alpha value is -0.340. The van der Waals surface area contributed by atoms with Gasteiger partial charge in [-0.15, -0.1) is 6.58 Å². The zero-order valence-electron chi connectivity index (χ0n) is 11.9. The molecule has 104 valence electrons. The van der Waals surface area contributed by atoms with Crippen molar-refractivity contribution in [3.63, 3.8) is 0 Å². The third-order valence-electron chi connectivity index (χ3n) is 4.69. The molecule has 1 aliphatic carbocycles. The molecule has 0 aromatic carbocycles. The first-order chi connectivity index (χ1) is 8.79. The highest BCUT2D eigenvalue weighted by molar-refractivity contribution is 4.95. The van der Waals surface area contributed by atoms with Crippen molar-refractivity contribution in [2.24, 2.45) is 5.92 Å². The fourth-order valence-electron chi connectivity index (χ4n) is 3.73. The van der Waals surface area contributed by atoms with Gasteiger partial charge >= 0.3 is 0 Å². The summed E-state index contributed by atoms with van der Waals surface area (Å²) < 4.78 is 6.14. The predicted octanol–water partition coefficient (Wildman–Crippen LogP) is 3.67. The van der Waals surface area contributed by atoms with Gasteiger partial charge < -0.3 is 10.1 Å². The highest BCUT2D eigenvalue weighted by Gasteiger charge is 2.41. The van der Waals surface area contributed by atoms with E-state index < -0.39 is 0 Å². The summed E-state index contributed by atoms with van der Waals surface area (Å²) in [6, 6.07) is 0.615. The van der Waals surface area contributed by atoms with Crippen LogP contribution in [0, 0.1) is 5.92 Å². The van der Waals surface area contributed by atoms with Crippen LogP contribution >= 0.6 is 0 Å². The zero-order valence-corrected chi connectivity index (χ0v) is 11.9. The minimum Gasteiger partial charge on any atom is -0.375 e. The van der Waals surface area contributed by atoms with Gasteiger partial charge in [-0.2, -0.15) is 0 Å². The van der Waals surface area contributed by atoms with Gasteiger partial charge in [0.05, 0.1) is 5.60 Å². The second kappa shape index (κ2) is 6.72. The van der Waals surface area contributed by atoms with Gasteiger partial charge in [-0.25, -0.2) is 0 Å². The van der Waals surface area contributed by atoms with E-state index in [0.29, 0.717) is 6.04 Å². The molecular formula is C16H29NO. The maximum atomic E-state index is 6.14. The molecule has 1 heterocycles. The molecule has 0 radical (unpaired) electrons. The lowest BCUT2D eigenvalue weighted by atomic mass is 9.79. The average Bonchev–Trinajstić information content (AvgIpc) is 2.82. The molecule has 0 bridgehead atoms. The summed E-state index contributed by atoms with van der Waals surface area (Å²) in [7, 11) is 0. The summed E-state index contributed by atoms with van der Waals surface area (Å²) in [6.45, 7) is 8.25. The predicted molar refractivity (Wildman–Crippen MR) is 76.8 cm³/mol. The first-order valence-electron chi connectivity index (χ1n) is 7.78. The van der Waals surface area contributed by atoms with Crippen molar-refractivity contribution in [2.75, 3.05) is 13.2 Å². The van der Waals surface area contributed by atoms with Crippen molar-refractivity contribution >= 4 is 0 Å². The number of hydrogen-bond acceptors (Lipinski definition) is 2. The van der Waals surface area contributed by atoms with Crippen LogP contribution in [0.2, 0.25) is 0 Å². The van der Waals surface area contributed by atoms with Gasteiger partial charge in [-0.05, 0) is 51.0 Å². The first-order valence-corrected chi connectivity index (χ1v) is 7.78. The highest BCUT2D eigenvalue weighted by atomic mass is 16.5. The molecule has 1 saturated heterocycles. The molecule has 2 nitrogen and oxygen atoms in total. The first kappa shape index (κ1) is 14.1. The Kier molecular flexibility index (Phi) is 5.25. The summed E-state index contributed by atoms with van der Waals surface area (Å²) in [5, 5.41) is 3.72. The van der Waals surface area contributed by atoms with Crippen LogP contribution in [0.3, 0.4) is 0 Å². The third-order valence-corrected chi connectivity index (χ3v) is 4.69. The molecule has 1 aliphatic heterocycles. The second-order valence-corrected chi connectivity index (χ2v) is 6.08. The Balaban J connectivity index is 1.93. The van der Waals surface area contributed by atoms with Crippen LogP contribution in [-0.4, -0.2) is 24.8 Å². The fourth-order valence-corrected chi connectivity index (χ4v) is 3.73. The summed E-state index contributed by atoms with van der Waals surface area (Å²) >= 11 is 0. The average molecular weight is 251 g/mol. The van der Waals surface area contributed by atoms with Crippen LogP contribution in [0.15, 0.2) is 12.7 Å². The minimum atomic E-state index is 0.246. The second-order valence-electron chi connectivity index (χ2n) is 6.08. The number of rotatable bonds is 6. The number of ether oxygens (including phenoxy) is 1. The van der Waals surface area contributed by atoms with Crippen LogP contribution in [0.5, 0.6) is 0 Å². The lowest BCUT2D eigenvalue weighted by Crippen LogP contribution is -2.45. The molecule has 2 atom stereocenters. The van der Waals surface area contributed by atoms with E-state index in [4.69, 9.17) is 4.74 Å². The quantitative estimate of drug-likeness (QED) is 0.727. The molecule has 2 unspecified atom stereocenters. The lowest BCUT2D eigenvalue weighted by molar-refractivity contribution is -0.0977. The summed E-state index contributed by atoms with van der Waals surface area (Å²) in [5.41, 5.74) is 0.246. The van der Waals surface area contributed by atoms with E-state index >= 15 is 0 Å². The van der Waals surface area contributed by atoms with Crippen molar-refractivity contribution in [2.45, 2.75) is 69.9 Å². The van der Waals surface area contributed by atoms with Crippen LogP contribution in [-0.2, 0) is 4.74 Å². The molecular weight excluding hydrogens is 222 g/mol. The van der Waals surface area contributed by atoms with Crippen LogP contribution < -0.4 is 5.32 Å². The Bertz CT molecular complexity index is 258. The molecule has 1 N–H and O–H groups in total. The van der Waals surface area contributed by atoms with Crippen molar-refractivity contribution in [3.8, 4) is 0 Å². The molecule has 0 aromatic heterocycles. The summed E-state index contributed by atoms with van der Waals surface area (Å²) in [4.78, 5) is 0. The minimum absolute atomic E-state index is 0.246. The van der Waals surface area contributed by atoms with Crippen molar-refractivity contribution in [1.29, 1.82) is 0 Å². The molecule has 2 aliphatic rings.